The first-order valence-corrected chi connectivity index (χ1v) is 15.8. The van der Waals surface area contributed by atoms with Gasteiger partial charge >= 0.3 is 0 Å². The van der Waals surface area contributed by atoms with E-state index in [4.69, 9.17) is 4.42 Å². The molecule has 0 saturated carbocycles. The number of hydrogen-bond donors (Lipinski definition) is 0. The van der Waals surface area contributed by atoms with E-state index in [0.717, 1.165) is 71.9 Å². The van der Waals surface area contributed by atoms with E-state index in [1.54, 1.807) is 0 Å². The van der Waals surface area contributed by atoms with E-state index in [2.05, 4.69) is 143 Å². The molecule has 3 heterocycles. The third-order valence-corrected chi connectivity index (χ3v) is 9.57. The predicted octanol–water partition coefficient (Wildman–Crippen LogP) is 11.3. The molecule has 4 heteroatoms. The van der Waals surface area contributed by atoms with E-state index >= 15 is 0 Å². The lowest BCUT2D eigenvalue weighted by Crippen LogP contribution is -2.03. The molecular formula is C43H25N3O. The van der Waals surface area contributed by atoms with Crippen LogP contribution in [0.15, 0.2) is 156 Å². The Hall–Kier alpha value is -6.57. The summed E-state index contributed by atoms with van der Waals surface area (Å²) in [4.78, 5) is 0. The summed E-state index contributed by atoms with van der Waals surface area (Å²) in [5.74, 6) is 0. The molecule has 0 radical (unpaired) electrons. The zero-order chi connectivity index (χ0) is 31.1. The number of furan rings is 1. The highest BCUT2D eigenvalue weighted by Gasteiger charge is 2.23. The zero-order valence-electron chi connectivity index (χ0n) is 25.2. The van der Waals surface area contributed by atoms with Crippen molar-refractivity contribution in [1.29, 1.82) is 5.26 Å². The number of fused-ring (bicyclic) bond motifs is 9. The fourth-order valence-corrected chi connectivity index (χ4v) is 7.61. The summed E-state index contributed by atoms with van der Waals surface area (Å²) < 4.78 is 11.0. The summed E-state index contributed by atoms with van der Waals surface area (Å²) in [6.07, 6.45) is 0. The molecule has 0 fully saturated rings. The van der Waals surface area contributed by atoms with Crippen molar-refractivity contribution in [3.8, 4) is 28.6 Å². The van der Waals surface area contributed by atoms with E-state index in [0.29, 0.717) is 5.56 Å². The maximum Gasteiger partial charge on any atom is 0.137 e. The zero-order valence-corrected chi connectivity index (χ0v) is 25.2. The van der Waals surface area contributed by atoms with E-state index in [9.17, 15) is 5.26 Å². The van der Waals surface area contributed by atoms with Gasteiger partial charge in [-0.3, -0.25) is 0 Å². The molecule has 0 N–H and O–H groups in total. The second kappa shape index (κ2) is 9.71. The van der Waals surface area contributed by atoms with Crippen LogP contribution in [-0.4, -0.2) is 9.13 Å². The van der Waals surface area contributed by atoms with Gasteiger partial charge in [-0.05, 0) is 48.5 Å². The minimum Gasteiger partial charge on any atom is -0.456 e. The molecule has 0 spiro atoms. The van der Waals surface area contributed by atoms with Crippen LogP contribution < -0.4 is 0 Å². The minimum atomic E-state index is 0.622. The molecule has 0 amide bonds. The van der Waals surface area contributed by atoms with Crippen molar-refractivity contribution in [2.75, 3.05) is 0 Å². The fraction of sp³-hybridized carbons (Fsp3) is 0. The molecule has 218 valence electrons. The smallest absolute Gasteiger partial charge is 0.137 e. The Bertz CT molecular complexity index is 2880. The summed E-state index contributed by atoms with van der Waals surface area (Å²) >= 11 is 0. The summed E-state index contributed by atoms with van der Waals surface area (Å²) in [7, 11) is 0. The van der Waals surface area contributed by atoms with Gasteiger partial charge in [0, 0.05) is 49.5 Å². The SMILES string of the molecule is N#Cc1cccc(-n2c3ccccc3c3ccccc32)c1-c1ccccc1-n1c2ccccc2c2cc3c(cc21)oc1ccccc13. The summed E-state index contributed by atoms with van der Waals surface area (Å²) in [6, 6.07) is 55.2. The van der Waals surface area contributed by atoms with Gasteiger partial charge in [0.25, 0.3) is 0 Å². The van der Waals surface area contributed by atoms with Gasteiger partial charge < -0.3 is 13.6 Å². The molecule has 0 aliphatic rings. The van der Waals surface area contributed by atoms with Crippen LogP contribution in [0.25, 0.3) is 88.1 Å². The highest BCUT2D eigenvalue weighted by atomic mass is 16.3. The molecule has 4 nitrogen and oxygen atoms in total. The number of para-hydroxylation sites is 5. The third kappa shape index (κ3) is 3.57. The van der Waals surface area contributed by atoms with E-state index in [1.807, 2.05) is 24.3 Å². The highest BCUT2D eigenvalue weighted by Crippen LogP contribution is 2.43. The molecule has 47 heavy (non-hydrogen) atoms. The summed E-state index contributed by atoms with van der Waals surface area (Å²) in [5, 5.41) is 17.5. The predicted molar refractivity (Wildman–Crippen MR) is 193 cm³/mol. The van der Waals surface area contributed by atoms with Crippen LogP contribution in [-0.2, 0) is 0 Å². The molecule has 7 aromatic carbocycles. The molecule has 0 aliphatic carbocycles. The van der Waals surface area contributed by atoms with Crippen LogP contribution in [0.1, 0.15) is 5.56 Å². The van der Waals surface area contributed by atoms with Gasteiger partial charge in [0.15, 0.2) is 0 Å². The Morgan fingerprint density at radius 3 is 1.68 bits per heavy atom. The highest BCUT2D eigenvalue weighted by molar-refractivity contribution is 6.18. The summed E-state index contributed by atoms with van der Waals surface area (Å²) in [5.41, 5.74) is 10.6. The van der Waals surface area contributed by atoms with Crippen molar-refractivity contribution in [2.45, 2.75) is 0 Å². The van der Waals surface area contributed by atoms with Gasteiger partial charge in [-0.25, -0.2) is 0 Å². The van der Waals surface area contributed by atoms with Crippen LogP contribution in [0.2, 0.25) is 0 Å². The monoisotopic (exact) mass is 599 g/mol. The van der Waals surface area contributed by atoms with Crippen LogP contribution in [0.5, 0.6) is 0 Å². The number of hydrogen-bond acceptors (Lipinski definition) is 2. The molecule has 0 saturated heterocycles. The number of rotatable bonds is 3. The number of nitriles is 1. The van der Waals surface area contributed by atoms with E-state index in [1.165, 1.54) is 16.2 Å². The van der Waals surface area contributed by atoms with Crippen LogP contribution in [0.3, 0.4) is 0 Å². The van der Waals surface area contributed by atoms with Gasteiger partial charge in [0.2, 0.25) is 0 Å². The van der Waals surface area contributed by atoms with E-state index < -0.39 is 0 Å². The number of nitrogens with zero attached hydrogens (tertiary/aromatic N) is 3. The lowest BCUT2D eigenvalue weighted by atomic mass is 9.96. The maximum atomic E-state index is 10.6. The minimum absolute atomic E-state index is 0.622. The van der Waals surface area contributed by atoms with Gasteiger partial charge in [-0.1, -0.05) is 97.1 Å². The fourth-order valence-electron chi connectivity index (χ4n) is 7.61. The molecule has 0 aliphatic heterocycles. The largest absolute Gasteiger partial charge is 0.456 e. The molecular weight excluding hydrogens is 574 g/mol. The average Bonchev–Trinajstić information content (AvgIpc) is 3.77. The Kier molecular flexibility index (Phi) is 5.32. The van der Waals surface area contributed by atoms with Crippen LogP contribution >= 0.6 is 0 Å². The molecule has 0 bridgehead atoms. The maximum absolute atomic E-state index is 10.6. The first kappa shape index (κ1) is 25.7. The Morgan fingerprint density at radius 1 is 0.426 bits per heavy atom. The third-order valence-electron chi connectivity index (χ3n) is 9.57. The molecule has 10 aromatic rings. The van der Waals surface area contributed by atoms with Crippen molar-refractivity contribution in [3.63, 3.8) is 0 Å². The van der Waals surface area contributed by atoms with E-state index in [-0.39, 0.29) is 0 Å². The van der Waals surface area contributed by atoms with Crippen molar-refractivity contribution in [3.05, 3.63) is 157 Å². The molecule has 3 aromatic heterocycles. The van der Waals surface area contributed by atoms with Gasteiger partial charge in [-0.15, -0.1) is 0 Å². The average molecular weight is 600 g/mol. The number of aromatic nitrogens is 2. The second-order valence-electron chi connectivity index (χ2n) is 12.0. The summed E-state index contributed by atoms with van der Waals surface area (Å²) in [6.45, 7) is 0. The van der Waals surface area contributed by atoms with Crippen molar-refractivity contribution >= 4 is 65.6 Å². The topological polar surface area (TPSA) is 46.8 Å². The first-order chi connectivity index (χ1) is 23.3. The van der Waals surface area contributed by atoms with Crippen LogP contribution in [0.4, 0.5) is 0 Å². The Balaban J connectivity index is 1.33. The quantitative estimate of drug-likeness (QED) is 0.203. The van der Waals surface area contributed by atoms with Gasteiger partial charge in [-0.2, -0.15) is 5.26 Å². The lowest BCUT2D eigenvalue weighted by Gasteiger charge is -2.19. The molecule has 0 unspecified atom stereocenters. The van der Waals surface area contributed by atoms with Gasteiger partial charge in [0.05, 0.1) is 45.1 Å². The lowest BCUT2D eigenvalue weighted by molar-refractivity contribution is 0.669. The number of benzene rings is 7. The standard InChI is InChI=1S/C43H25N3O/c44-26-27-12-11-22-39(45-35-18-6-1-13-28(35)29-14-2-7-19-36(29)45)43(27)32-17-4-9-21-38(32)46-37-20-8-3-15-30(37)33-24-34-31-16-5-10-23-41(31)47-42(34)25-40(33)46/h1-25H. The first-order valence-electron chi connectivity index (χ1n) is 15.8. The van der Waals surface area contributed by atoms with Crippen molar-refractivity contribution < 1.29 is 4.42 Å². The molecule has 10 rings (SSSR count). The van der Waals surface area contributed by atoms with Crippen molar-refractivity contribution in [2.24, 2.45) is 0 Å². The van der Waals surface area contributed by atoms with Crippen LogP contribution in [0, 0.1) is 11.3 Å². The van der Waals surface area contributed by atoms with Crippen molar-refractivity contribution in [1.82, 2.24) is 9.13 Å². The normalized spacial score (nSPS) is 11.8. The Labute approximate surface area is 269 Å². The van der Waals surface area contributed by atoms with Gasteiger partial charge in [0.1, 0.15) is 11.2 Å². The Morgan fingerprint density at radius 2 is 0.979 bits per heavy atom. The second-order valence-corrected chi connectivity index (χ2v) is 12.0. The molecule has 0 atom stereocenters.